The van der Waals surface area contributed by atoms with Gasteiger partial charge in [0.05, 0.1) is 12.6 Å². The van der Waals surface area contributed by atoms with Gasteiger partial charge in [0.1, 0.15) is 23.9 Å². The molecule has 18 heavy (non-hydrogen) atoms. The van der Waals surface area contributed by atoms with Crippen molar-refractivity contribution in [1.82, 2.24) is 10.6 Å². The van der Waals surface area contributed by atoms with Gasteiger partial charge in [-0.1, -0.05) is 0 Å². The first-order chi connectivity index (χ1) is 8.40. The van der Waals surface area contributed by atoms with Crippen molar-refractivity contribution in [2.24, 2.45) is 0 Å². The maximum Gasteiger partial charge on any atom is 0.217 e. The zero-order valence-corrected chi connectivity index (χ0v) is 11.0. The molecule has 0 radical (unpaired) electrons. The second-order valence-electron chi connectivity index (χ2n) is 4.65. The average Bonchev–Trinajstić information content (AvgIpc) is 3.00. The lowest BCUT2D eigenvalue weighted by atomic mass is 10.1. The monoisotopic (exact) mass is 256 g/mol. The molecule has 0 aromatic rings. The third-order valence-electron chi connectivity index (χ3n) is 2.67. The largest absolute Gasteiger partial charge is 0.351 e. The van der Waals surface area contributed by atoms with Crippen LogP contribution in [-0.2, 0) is 19.1 Å². The lowest BCUT2D eigenvalue weighted by molar-refractivity contribution is -0.121. The molecule has 3 atom stereocenters. The molecule has 2 N–H and O–H groups in total. The highest BCUT2D eigenvalue weighted by molar-refractivity contribution is 5.77. The van der Waals surface area contributed by atoms with E-state index in [2.05, 4.69) is 10.6 Å². The summed E-state index contributed by atoms with van der Waals surface area (Å²) in [7, 11) is 0. The lowest BCUT2D eigenvalue weighted by Gasteiger charge is -2.14. The van der Waals surface area contributed by atoms with Crippen LogP contribution in [0.3, 0.4) is 0 Å². The van der Waals surface area contributed by atoms with Crippen molar-refractivity contribution in [2.45, 2.75) is 52.0 Å². The van der Waals surface area contributed by atoms with Crippen LogP contribution in [0.4, 0.5) is 0 Å². The van der Waals surface area contributed by atoms with Gasteiger partial charge in [0.25, 0.3) is 0 Å². The van der Waals surface area contributed by atoms with Crippen molar-refractivity contribution in [1.29, 1.82) is 0 Å². The molecule has 1 aliphatic heterocycles. The maximum absolute atomic E-state index is 11.1. The summed E-state index contributed by atoms with van der Waals surface area (Å²) in [5.74, 6) is -0.0346. The van der Waals surface area contributed by atoms with Crippen molar-refractivity contribution in [2.75, 3.05) is 6.54 Å². The highest BCUT2D eigenvalue weighted by atomic mass is 16.6. The lowest BCUT2D eigenvalue weighted by Crippen LogP contribution is -2.40. The molecule has 0 aromatic heterocycles. The number of hydrogen-bond donors (Lipinski definition) is 2. The summed E-state index contributed by atoms with van der Waals surface area (Å²) < 4.78 is 5.37. The molecular weight excluding hydrogens is 236 g/mol. The Kier molecular flexibility index (Phi) is 5.43. The van der Waals surface area contributed by atoms with Crippen LogP contribution in [0.2, 0.25) is 0 Å². The third-order valence-corrected chi connectivity index (χ3v) is 2.67. The van der Waals surface area contributed by atoms with E-state index in [0.29, 0.717) is 12.8 Å². The normalized spacial score (nSPS) is 23.3. The van der Waals surface area contributed by atoms with Crippen LogP contribution in [0.5, 0.6) is 0 Å². The Labute approximate surface area is 106 Å². The van der Waals surface area contributed by atoms with Crippen LogP contribution in [0.1, 0.15) is 33.6 Å². The summed E-state index contributed by atoms with van der Waals surface area (Å²) in [5.41, 5.74) is 0. The van der Waals surface area contributed by atoms with Crippen molar-refractivity contribution < 1.29 is 19.1 Å². The van der Waals surface area contributed by atoms with Gasteiger partial charge in [-0.3, -0.25) is 14.9 Å². The molecule has 0 aromatic carbocycles. The van der Waals surface area contributed by atoms with Gasteiger partial charge in [-0.25, -0.2) is 0 Å². The van der Waals surface area contributed by atoms with Gasteiger partial charge in [-0.15, -0.1) is 0 Å². The summed E-state index contributed by atoms with van der Waals surface area (Å²) >= 11 is 0. The predicted octanol–water partition coefficient (Wildman–Crippen LogP) is -0.236. The van der Waals surface area contributed by atoms with E-state index >= 15 is 0 Å². The smallest absolute Gasteiger partial charge is 0.217 e. The van der Waals surface area contributed by atoms with Crippen LogP contribution < -0.4 is 10.6 Å². The molecule has 6 nitrogen and oxygen atoms in total. The van der Waals surface area contributed by atoms with E-state index in [9.17, 15) is 14.4 Å². The summed E-state index contributed by atoms with van der Waals surface area (Å²) in [6.45, 7) is 4.69. The van der Waals surface area contributed by atoms with E-state index in [4.69, 9.17) is 4.74 Å². The molecule has 1 amide bonds. The highest BCUT2D eigenvalue weighted by Crippen LogP contribution is 2.25. The molecule has 0 spiro atoms. The first-order valence-electron chi connectivity index (χ1n) is 6.05. The van der Waals surface area contributed by atoms with Crippen LogP contribution >= 0.6 is 0 Å². The molecule has 0 aliphatic carbocycles. The minimum absolute atomic E-state index is 0.0315. The number of amides is 1. The van der Waals surface area contributed by atoms with Gasteiger partial charge in [-0.05, 0) is 20.3 Å². The SMILES string of the molecule is CC(=O)CCC(NC(C)=O)C1OC1NCC(C)=O. The molecular formula is C12H20N2O4. The summed E-state index contributed by atoms with van der Waals surface area (Å²) in [6, 6.07) is -0.184. The fourth-order valence-electron chi connectivity index (χ4n) is 1.78. The van der Waals surface area contributed by atoms with Gasteiger partial charge in [0.15, 0.2) is 0 Å². The quantitative estimate of drug-likeness (QED) is 0.585. The molecule has 1 rings (SSSR count). The molecule has 3 unspecified atom stereocenters. The molecule has 1 fully saturated rings. The van der Waals surface area contributed by atoms with Gasteiger partial charge < -0.3 is 14.8 Å². The zero-order valence-electron chi connectivity index (χ0n) is 11.0. The Morgan fingerprint density at radius 1 is 1.17 bits per heavy atom. The van der Waals surface area contributed by atoms with Crippen molar-refractivity contribution in [3.05, 3.63) is 0 Å². The zero-order chi connectivity index (χ0) is 13.7. The van der Waals surface area contributed by atoms with Gasteiger partial charge in [0.2, 0.25) is 5.91 Å². The van der Waals surface area contributed by atoms with Gasteiger partial charge >= 0.3 is 0 Å². The first kappa shape index (κ1) is 14.8. The molecule has 1 saturated heterocycles. The summed E-state index contributed by atoms with van der Waals surface area (Å²) in [6.07, 6.45) is 0.590. The second kappa shape index (κ2) is 6.61. The van der Waals surface area contributed by atoms with E-state index in [0.717, 1.165) is 0 Å². The Balaban J connectivity index is 2.39. The Hall–Kier alpha value is -1.27. The predicted molar refractivity (Wildman–Crippen MR) is 64.9 cm³/mol. The number of carbonyl (C=O) groups excluding carboxylic acids is 3. The van der Waals surface area contributed by atoms with E-state index < -0.39 is 0 Å². The molecule has 6 heteroatoms. The van der Waals surface area contributed by atoms with Crippen LogP contribution in [0.15, 0.2) is 0 Å². The van der Waals surface area contributed by atoms with E-state index in [1.165, 1.54) is 20.8 Å². The van der Waals surface area contributed by atoms with Crippen LogP contribution in [0, 0.1) is 0 Å². The van der Waals surface area contributed by atoms with Crippen molar-refractivity contribution in [3.63, 3.8) is 0 Å². The van der Waals surface area contributed by atoms with E-state index in [1.54, 1.807) is 0 Å². The van der Waals surface area contributed by atoms with E-state index in [1.807, 2.05) is 0 Å². The van der Waals surface area contributed by atoms with Crippen LogP contribution in [0.25, 0.3) is 0 Å². The average molecular weight is 256 g/mol. The minimum Gasteiger partial charge on any atom is -0.351 e. The van der Waals surface area contributed by atoms with Gasteiger partial charge in [0, 0.05) is 13.3 Å². The molecule has 0 bridgehead atoms. The van der Waals surface area contributed by atoms with E-state index in [-0.39, 0.29) is 42.4 Å². The number of Topliss-reactive ketones (excluding diaryl/α,β-unsaturated/α-hetero) is 2. The number of epoxide rings is 1. The van der Waals surface area contributed by atoms with Crippen molar-refractivity contribution >= 4 is 17.5 Å². The fraction of sp³-hybridized carbons (Fsp3) is 0.750. The maximum atomic E-state index is 11.1. The fourth-order valence-corrected chi connectivity index (χ4v) is 1.78. The molecule has 1 aliphatic rings. The number of nitrogens with one attached hydrogen (secondary N) is 2. The first-order valence-corrected chi connectivity index (χ1v) is 6.05. The topological polar surface area (TPSA) is 87.8 Å². The standard InChI is InChI=1S/C12H20N2O4/c1-7(15)4-5-10(14-9(3)17)11-12(18-11)13-6-8(2)16/h10-13H,4-6H2,1-3H3,(H,14,17). The summed E-state index contributed by atoms with van der Waals surface area (Å²) in [5, 5.41) is 5.71. The van der Waals surface area contributed by atoms with Crippen molar-refractivity contribution in [3.8, 4) is 0 Å². The summed E-state index contributed by atoms with van der Waals surface area (Å²) in [4.78, 5) is 32.9. The minimum atomic E-state index is -0.210. The number of carbonyl (C=O) groups is 3. The number of hydrogen-bond acceptors (Lipinski definition) is 5. The molecule has 1 heterocycles. The number of rotatable bonds is 8. The number of ether oxygens (including phenoxy) is 1. The Morgan fingerprint density at radius 3 is 2.33 bits per heavy atom. The Bertz CT molecular complexity index is 343. The van der Waals surface area contributed by atoms with Gasteiger partial charge in [-0.2, -0.15) is 0 Å². The Morgan fingerprint density at radius 2 is 1.83 bits per heavy atom. The highest BCUT2D eigenvalue weighted by Gasteiger charge is 2.44. The molecule has 102 valence electrons. The molecule has 0 saturated carbocycles. The third kappa shape index (κ3) is 5.37. The number of ketones is 2. The second-order valence-corrected chi connectivity index (χ2v) is 4.65. The van der Waals surface area contributed by atoms with Crippen LogP contribution in [-0.4, -0.2) is 42.4 Å².